The molecule has 4 rings (SSSR count). The van der Waals surface area contributed by atoms with Gasteiger partial charge in [0.05, 0.1) is 18.6 Å². The van der Waals surface area contributed by atoms with E-state index in [1.54, 1.807) is 7.11 Å². The number of carbonyl (C=O) groups is 1. The zero-order valence-electron chi connectivity index (χ0n) is 14.2. The first-order valence-corrected chi connectivity index (χ1v) is 9.20. The Kier molecular flexibility index (Phi) is 4.16. The fourth-order valence-electron chi connectivity index (χ4n) is 4.39. The molecular formula is C19H22ClNO4. The maximum atomic E-state index is 12.4. The topological polar surface area (TPSA) is 59.0 Å². The van der Waals surface area contributed by atoms with E-state index in [4.69, 9.17) is 21.1 Å². The van der Waals surface area contributed by atoms with Gasteiger partial charge < -0.3 is 19.5 Å². The first kappa shape index (κ1) is 16.7. The van der Waals surface area contributed by atoms with Crippen molar-refractivity contribution < 1.29 is 19.4 Å². The lowest BCUT2D eigenvalue weighted by molar-refractivity contribution is -0.131. The van der Waals surface area contributed by atoms with Crippen LogP contribution in [0.25, 0.3) is 0 Å². The third kappa shape index (κ3) is 2.52. The molecule has 1 amide bonds. The average molecular weight is 364 g/mol. The third-order valence-corrected chi connectivity index (χ3v) is 5.81. The van der Waals surface area contributed by atoms with E-state index in [1.807, 2.05) is 23.1 Å². The molecule has 2 unspecified atom stereocenters. The maximum Gasteiger partial charge on any atom is 0.224 e. The molecule has 3 atom stereocenters. The van der Waals surface area contributed by atoms with Crippen molar-refractivity contribution in [2.75, 3.05) is 19.5 Å². The van der Waals surface area contributed by atoms with Crippen LogP contribution in [-0.4, -0.2) is 47.7 Å². The molecule has 0 saturated heterocycles. The highest BCUT2D eigenvalue weighted by Crippen LogP contribution is 2.55. The Hall–Kier alpha value is -1.72. The van der Waals surface area contributed by atoms with Crippen LogP contribution in [0.15, 0.2) is 24.3 Å². The van der Waals surface area contributed by atoms with E-state index in [0.29, 0.717) is 37.6 Å². The van der Waals surface area contributed by atoms with Crippen molar-refractivity contribution >= 4 is 17.5 Å². The Morgan fingerprint density at radius 2 is 2.36 bits per heavy atom. The second-order valence-corrected chi connectivity index (χ2v) is 7.32. The maximum absolute atomic E-state index is 12.4. The predicted octanol–water partition coefficient (Wildman–Crippen LogP) is 2.38. The van der Waals surface area contributed by atoms with Gasteiger partial charge in [-0.05, 0) is 18.1 Å². The van der Waals surface area contributed by atoms with Crippen molar-refractivity contribution in [1.29, 1.82) is 0 Å². The van der Waals surface area contributed by atoms with E-state index in [9.17, 15) is 9.90 Å². The highest BCUT2D eigenvalue weighted by Gasteiger charge is 2.53. The predicted molar refractivity (Wildman–Crippen MR) is 94.2 cm³/mol. The molecule has 1 spiro atoms. The molecule has 0 bridgehead atoms. The molecule has 1 aromatic rings. The molecule has 0 aromatic heterocycles. The lowest BCUT2D eigenvalue weighted by Gasteiger charge is -2.35. The average Bonchev–Trinajstić information content (AvgIpc) is 2.83. The first-order valence-electron chi connectivity index (χ1n) is 8.67. The number of halogens is 1. The molecule has 0 fully saturated rings. The van der Waals surface area contributed by atoms with Crippen LogP contribution < -0.4 is 9.47 Å². The van der Waals surface area contributed by atoms with E-state index in [0.717, 1.165) is 23.3 Å². The van der Waals surface area contributed by atoms with Gasteiger partial charge in [-0.3, -0.25) is 4.79 Å². The molecule has 0 radical (unpaired) electrons. The minimum absolute atomic E-state index is 0.0771. The molecule has 2 aliphatic heterocycles. The number of carbonyl (C=O) groups excluding carboxylic acids is 1. The van der Waals surface area contributed by atoms with Crippen LogP contribution in [0.4, 0.5) is 0 Å². The van der Waals surface area contributed by atoms with Gasteiger partial charge in [0, 0.05) is 37.4 Å². The van der Waals surface area contributed by atoms with E-state index in [2.05, 4.69) is 6.08 Å². The molecule has 3 aliphatic rings. The number of aliphatic hydroxyl groups excluding tert-OH is 1. The summed E-state index contributed by atoms with van der Waals surface area (Å²) in [6.45, 7) is 1.20. The van der Waals surface area contributed by atoms with Crippen molar-refractivity contribution in [3.05, 3.63) is 35.4 Å². The lowest BCUT2D eigenvalue weighted by Crippen LogP contribution is -2.43. The third-order valence-electron chi connectivity index (χ3n) is 5.62. The number of hydrogen-bond donors (Lipinski definition) is 1. The van der Waals surface area contributed by atoms with E-state index < -0.39 is 6.10 Å². The second kappa shape index (κ2) is 6.22. The number of aliphatic hydroxyl groups is 1. The van der Waals surface area contributed by atoms with Gasteiger partial charge in [-0.2, -0.15) is 0 Å². The summed E-state index contributed by atoms with van der Waals surface area (Å²) in [4.78, 5) is 14.3. The van der Waals surface area contributed by atoms with Crippen LogP contribution in [0.1, 0.15) is 30.4 Å². The quantitative estimate of drug-likeness (QED) is 0.661. The smallest absolute Gasteiger partial charge is 0.224 e. The van der Waals surface area contributed by atoms with E-state index in [1.165, 1.54) is 0 Å². The summed E-state index contributed by atoms with van der Waals surface area (Å²) in [5.74, 6) is 1.87. The summed E-state index contributed by atoms with van der Waals surface area (Å²) >= 11 is 5.76. The molecule has 6 heteroatoms. The standard InChI is InChI=1S/C19H22ClNO4/c1-24-14-3-2-12-11-21(16(23)5-8-20)9-7-19-6-4-13(22)10-15(19)25-18(14)17(12)19/h2-4,6,13,15,22H,5,7-11H2,1H3/t13-,15?,19?/m0/s1. The number of rotatable bonds is 3. The van der Waals surface area contributed by atoms with Crippen LogP contribution in [0, 0.1) is 0 Å². The molecule has 5 nitrogen and oxygen atoms in total. The monoisotopic (exact) mass is 363 g/mol. The summed E-state index contributed by atoms with van der Waals surface area (Å²) in [5.41, 5.74) is 1.88. The van der Waals surface area contributed by atoms with Crippen molar-refractivity contribution in [3.63, 3.8) is 0 Å². The number of methoxy groups -OCH3 is 1. The summed E-state index contributed by atoms with van der Waals surface area (Å²) in [5, 5.41) is 10.1. The number of ether oxygens (including phenoxy) is 2. The minimum Gasteiger partial charge on any atom is -0.493 e. The van der Waals surface area contributed by atoms with Crippen LogP contribution in [0.3, 0.4) is 0 Å². The van der Waals surface area contributed by atoms with Gasteiger partial charge in [0.1, 0.15) is 6.10 Å². The van der Waals surface area contributed by atoms with Gasteiger partial charge in [-0.15, -0.1) is 11.6 Å². The first-order chi connectivity index (χ1) is 12.1. The van der Waals surface area contributed by atoms with Crippen molar-refractivity contribution in [2.24, 2.45) is 0 Å². The summed E-state index contributed by atoms with van der Waals surface area (Å²) in [6, 6.07) is 3.92. The highest BCUT2D eigenvalue weighted by atomic mass is 35.5. The van der Waals surface area contributed by atoms with E-state index >= 15 is 0 Å². The molecule has 1 aliphatic carbocycles. The minimum atomic E-state index is -0.503. The number of benzene rings is 1. The molecule has 1 aromatic carbocycles. The van der Waals surface area contributed by atoms with Gasteiger partial charge >= 0.3 is 0 Å². The van der Waals surface area contributed by atoms with Gasteiger partial charge in [0.2, 0.25) is 5.91 Å². The van der Waals surface area contributed by atoms with Gasteiger partial charge in [-0.1, -0.05) is 18.2 Å². The Balaban J connectivity index is 1.83. The van der Waals surface area contributed by atoms with Crippen molar-refractivity contribution in [2.45, 2.75) is 43.4 Å². The Morgan fingerprint density at radius 3 is 3.12 bits per heavy atom. The Morgan fingerprint density at radius 1 is 1.52 bits per heavy atom. The zero-order valence-corrected chi connectivity index (χ0v) is 15.0. The molecule has 2 heterocycles. The Labute approximate surface area is 152 Å². The van der Waals surface area contributed by atoms with Crippen LogP contribution in [0.2, 0.25) is 0 Å². The molecule has 1 N–H and O–H groups in total. The number of hydrogen-bond acceptors (Lipinski definition) is 4. The number of nitrogens with zero attached hydrogens (tertiary/aromatic N) is 1. The van der Waals surface area contributed by atoms with Crippen LogP contribution in [0.5, 0.6) is 11.5 Å². The van der Waals surface area contributed by atoms with Gasteiger partial charge in [0.25, 0.3) is 0 Å². The zero-order chi connectivity index (χ0) is 17.6. The fraction of sp³-hybridized carbons (Fsp3) is 0.526. The molecule has 0 saturated carbocycles. The van der Waals surface area contributed by atoms with Crippen molar-refractivity contribution in [3.8, 4) is 11.5 Å². The van der Waals surface area contributed by atoms with Crippen LogP contribution >= 0.6 is 11.6 Å². The van der Waals surface area contributed by atoms with Crippen LogP contribution in [-0.2, 0) is 16.8 Å². The van der Waals surface area contributed by atoms with Crippen molar-refractivity contribution in [1.82, 2.24) is 4.90 Å². The second-order valence-electron chi connectivity index (χ2n) is 6.94. The lowest BCUT2D eigenvalue weighted by atomic mass is 9.69. The Bertz CT molecular complexity index is 734. The van der Waals surface area contributed by atoms with Gasteiger partial charge in [-0.25, -0.2) is 0 Å². The molecular weight excluding hydrogens is 342 g/mol. The summed E-state index contributed by atoms with van der Waals surface area (Å²) in [7, 11) is 1.63. The largest absolute Gasteiger partial charge is 0.493 e. The normalized spacial score (nSPS) is 29.5. The summed E-state index contributed by atoms with van der Waals surface area (Å²) < 4.78 is 11.8. The SMILES string of the molecule is COc1ccc2c3c1OC1C[C@@H](O)C=CC31CCN(C(=O)CCCl)C2. The number of amides is 1. The highest BCUT2D eigenvalue weighted by molar-refractivity contribution is 6.18. The fourth-order valence-corrected chi connectivity index (χ4v) is 4.55. The van der Waals surface area contributed by atoms with Gasteiger partial charge in [0.15, 0.2) is 11.5 Å². The molecule has 25 heavy (non-hydrogen) atoms. The summed E-state index contributed by atoms with van der Waals surface area (Å²) in [6.07, 6.45) is 4.95. The molecule has 134 valence electrons. The number of alkyl halides is 1. The van der Waals surface area contributed by atoms with E-state index in [-0.39, 0.29) is 17.4 Å².